The second kappa shape index (κ2) is 5.78. The van der Waals surface area contributed by atoms with Crippen molar-refractivity contribution in [3.63, 3.8) is 0 Å². The zero-order valence-corrected chi connectivity index (χ0v) is 11.1. The van der Waals surface area contributed by atoms with Gasteiger partial charge in [-0.2, -0.15) is 0 Å². The van der Waals surface area contributed by atoms with E-state index in [4.69, 9.17) is 0 Å². The van der Waals surface area contributed by atoms with E-state index in [-0.39, 0.29) is 0 Å². The average molecular weight is 238 g/mol. The van der Waals surface area contributed by atoms with Gasteiger partial charge in [-0.15, -0.1) is 11.3 Å². The normalized spacial score (nSPS) is 19.1. The Hall–Kier alpha value is -0.410. The Labute approximate surface area is 102 Å². The molecule has 0 amide bonds. The van der Waals surface area contributed by atoms with Crippen molar-refractivity contribution in [3.05, 3.63) is 16.1 Å². The van der Waals surface area contributed by atoms with Gasteiger partial charge >= 0.3 is 0 Å². The van der Waals surface area contributed by atoms with Crippen LogP contribution < -0.4 is 5.32 Å². The van der Waals surface area contributed by atoms with Crippen LogP contribution >= 0.6 is 11.3 Å². The highest BCUT2D eigenvalue weighted by atomic mass is 32.1. The van der Waals surface area contributed by atoms with E-state index in [1.54, 1.807) is 0 Å². The van der Waals surface area contributed by atoms with Crippen LogP contribution in [0, 0.1) is 12.8 Å². The summed E-state index contributed by atoms with van der Waals surface area (Å²) >= 11 is 1.83. The first-order chi connectivity index (χ1) is 7.75. The van der Waals surface area contributed by atoms with Crippen molar-refractivity contribution in [2.75, 3.05) is 13.1 Å². The van der Waals surface area contributed by atoms with E-state index < -0.39 is 0 Å². The minimum Gasteiger partial charge on any atom is -0.316 e. The van der Waals surface area contributed by atoms with Gasteiger partial charge in [0.05, 0.1) is 5.01 Å². The van der Waals surface area contributed by atoms with Gasteiger partial charge in [-0.3, -0.25) is 0 Å². The first kappa shape index (κ1) is 12.1. The Kier molecular flexibility index (Phi) is 4.36. The van der Waals surface area contributed by atoms with Crippen LogP contribution in [0.15, 0.2) is 6.20 Å². The molecule has 1 unspecified atom stereocenters. The summed E-state index contributed by atoms with van der Waals surface area (Å²) in [6.07, 6.45) is 7.71. The predicted molar refractivity (Wildman–Crippen MR) is 70.1 cm³/mol. The Bertz CT molecular complexity index is 315. The van der Waals surface area contributed by atoms with Crippen LogP contribution in [0.4, 0.5) is 0 Å². The summed E-state index contributed by atoms with van der Waals surface area (Å²) in [4.78, 5) is 5.76. The molecule has 0 radical (unpaired) electrons. The number of hydrogen-bond donors (Lipinski definition) is 1. The molecule has 3 heteroatoms. The van der Waals surface area contributed by atoms with Crippen LogP contribution in [0.25, 0.3) is 0 Å². The summed E-state index contributed by atoms with van der Waals surface area (Å²) in [5, 5.41) is 4.88. The summed E-state index contributed by atoms with van der Waals surface area (Å²) < 4.78 is 0. The van der Waals surface area contributed by atoms with Crippen molar-refractivity contribution in [3.8, 4) is 0 Å². The third kappa shape index (κ3) is 3.29. The molecular weight excluding hydrogens is 216 g/mol. The number of thiazole rings is 1. The van der Waals surface area contributed by atoms with Crippen LogP contribution in [-0.2, 0) is 0 Å². The third-order valence-corrected chi connectivity index (χ3v) is 4.56. The van der Waals surface area contributed by atoms with E-state index in [2.05, 4.69) is 24.1 Å². The van der Waals surface area contributed by atoms with Gasteiger partial charge in [-0.1, -0.05) is 19.8 Å². The summed E-state index contributed by atoms with van der Waals surface area (Å²) in [7, 11) is 0. The fourth-order valence-electron chi connectivity index (χ4n) is 2.41. The third-order valence-electron chi connectivity index (χ3n) is 3.42. The topological polar surface area (TPSA) is 24.9 Å². The maximum Gasteiger partial charge on any atom is 0.0968 e. The molecule has 0 bridgehead atoms. The molecule has 1 fully saturated rings. The van der Waals surface area contributed by atoms with Gasteiger partial charge in [0.25, 0.3) is 0 Å². The number of aromatic nitrogens is 1. The maximum absolute atomic E-state index is 4.44. The number of nitrogens with zero attached hydrogens (tertiary/aromatic N) is 1. The largest absolute Gasteiger partial charge is 0.316 e. The molecule has 90 valence electrons. The lowest BCUT2D eigenvalue weighted by Crippen LogP contribution is -2.25. The summed E-state index contributed by atoms with van der Waals surface area (Å²) in [5.41, 5.74) is 0. The molecule has 16 heavy (non-hydrogen) atoms. The molecule has 2 rings (SSSR count). The van der Waals surface area contributed by atoms with Crippen LogP contribution in [0.5, 0.6) is 0 Å². The van der Waals surface area contributed by atoms with Crippen molar-refractivity contribution in [1.82, 2.24) is 10.3 Å². The molecule has 0 spiro atoms. The summed E-state index contributed by atoms with van der Waals surface area (Å²) in [5.74, 6) is 1.49. The minimum absolute atomic E-state index is 0.556. The van der Waals surface area contributed by atoms with Crippen LogP contribution in [0.1, 0.15) is 48.4 Å². The van der Waals surface area contributed by atoms with E-state index in [1.165, 1.54) is 42.1 Å². The smallest absolute Gasteiger partial charge is 0.0968 e. The van der Waals surface area contributed by atoms with Gasteiger partial charge in [-0.05, 0) is 32.2 Å². The van der Waals surface area contributed by atoms with E-state index >= 15 is 0 Å². The fraction of sp³-hybridized carbons (Fsp3) is 0.769. The highest BCUT2D eigenvalue weighted by Gasteiger charge is 2.15. The van der Waals surface area contributed by atoms with Gasteiger partial charge < -0.3 is 5.32 Å². The van der Waals surface area contributed by atoms with Gasteiger partial charge in [0, 0.05) is 23.5 Å². The molecule has 0 aromatic carbocycles. The molecule has 1 atom stereocenters. The lowest BCUT2D eigenvalue weighted by Gasteiger charge is -2.13. The molecule has 1 saturated carbocycles. The quantitative estimate of drug-likeness (QED) is 0.851. The number of aryl methyl sites for hydroxylation is 1. The van der Waals surface area contributed by atoms with Crippen molar-refractivity contribution in [2.45, 2.75) is 45.4 Å². The SMILES string of the molecule is Cc1cnc(C(C)CNCC2CCCC2)s1. The predicted octanol–water partition coefficient (Wildman–Crippen LogP) is 3.33. The Balaban J connectivity index is 1.69. The Morgan fingerprint density at radius 3 is 2.88 bits per heavy atom. The number of nitrogens with one attached hydrogen (secondary N) is 1. The fourth-order valence-corrected chi connectivity index (χ4v) is 3.23. The minimum atomic E-state index is 0.556. The van der Waals surface area contributed by atoms with Crippen molar-refractivity contribution < 1.29 is 0 Å². The first-order valence-corrected chi connectivity index (χ1v) is 7.20. The molecule has 0 saturated heterocycles. The first-order valence-electron chi connectivity index (χ1n) is 6.38. The molecule has 1 heterocycles. The molecule has 1 N–H and O–H groups in total. The highest BCUT2D eigenvalue weighted by Crippen LogP contribution is 2.24. The summed E-state index contributed by atoms with van der Waals surface area (Å²) in [6.45, 7) is 6.66. The van der Waals surface area contributed by atoms with Crippen LogP contribution in [0.2, 0.25) is 0 Å². The van der Waals surface area contributed by atoms with Gasteiger partial charge in [0.2, 0.25) is 0 Å². The van der Waals surface area contributed by atoms with E-state index in [0.717, 1.165) is 12.5 Å². The van der Waals surface area contributed by atoms with E-state index in [1.807, 2.05) is 17.5 Å². The lowest BCUT2D eigenvalue weighted by atomic mass is 10.1. The highest BCUT2D eigenvalue weighted by molar-refractivity contribution is 7.11. The zero-order chi connectivity index (χ0) is 11.4. The molecule has 0 aliphatic heterocycles. The Morgan fingerprint density at radius 1 is 1.50 bits per heavy atom. The van der Waals surface area contributed by atoms with Crippen molar-refractivity contribution >= 4 is 11.3 Å². The van der Waals surface area contributed by atoms with Crippen molar-refractivity contribution in [1.29, 1.82) is 0 Å². The maximum atomic E-state index is 4.44. The molecule has 2 nitrogen and oxygen atoms in total. The molecule has 1 aliphatic rings. The van der Waals surface area contributed by atoms with Crippen LogP contribution in [0.3, 0.4) is 0 Å². The van der Waals surface area contributed by atoms with Gasteiger partial charge in [0.15, 0.2) is 0 Å². The summed E-state index contributed by atoms with van der Waals surface area (Å²) in [6, 6.07) is 0. The standard InChI is InChI=1S/C13H22N2S/c1-10(13-15-8-11(2)16-13)7-14-9-12-5-3-4-6-12/h8,10,12,14H,3-7,9H2,1-2H3. The zero-order valence-electron chi connectivity index (χ0n) is 10.3. The molecule has 1 aliphatic carbocycles. The second-order valence-electron chi connectivity index (χ2n) is 5.02. The Morgan fingerprint density at radius 2 is 2.25 bits per heavy atom. The molecular formula is C13H22N2S. The second-order valence-corrected chi connectivity index (χ2v) is 6.29. The average Bonchev–Trinajstić information content (AvgIpc) is 2.89. The molecule has 1 aromatic heterocycles. The van der Waals surface area contributed by atoms with Crippen molar-refractivity contribution in [2.24, 2.45) is 5.92 Å². The van der Waals surface area contributed by atoms with E-state index in [0.29, 0.717) is 5.92 Å². The van der Waals surface area contributed by atoms with Gasteiger partial charge in [0.1, 0.15) is 0 Å². The van der Waals surface area contributed by atoms with E-state index in [9.17, 15) is 0 Å². The van der Waals surface area contributed by atoms with Crippen LogP contribution in [-0.4, -0.2) is 18.1 Å². The van der Waals surface area contributed by atoms with Gasteiger partial charge in [-0.25, -0.2) is 4.98 Å². The molecule has 1 aromatic rings. The lowest BCUT2D eigenvalue weighted by molar-refractivity contribution is 0.477. The number of hydrogen-bond acceptors (Lipinski definition) is 3. The monoisotopic (exact) mass is 238 g/mol. The number of rotatable bonds is 5.